The maximum absolute atomic E-state index is 10.6. The Hall–Kier alpha value is -1.22. The molecule has 0 saturated carbocycles. The Morgan fingerprint density at radius 2 is 2.20 bits per heavy atom. The minimum absolute atomic E-state index is 0.0479. The van der Waals surface area contributed by atoms with Crippen LogP contribution in [-0.4, -0.2) is 16.2 Å². The van der Waals surface area contributed by atoms with Gasteiger partial charge in [0.15, 0.2) is 0 Å². The number of phenols is 1. The van der Waals surface area contributed by atoms with Crippen molar-refractivity contribution in [1.82, 2.24) is 0 Å². The summed E-state index contributed by atoms with van der Waals surface area (Å²) in [6.45, 7) is 1.67. The molecule has 0 saturated heterocycles. The number of hydrogen-bond donors (Lipinski definition) is 2. The van der Waals surface area contributed by atoms with Gasteiger partial charge in [-0.1, -0.05) is 24.6 Å². The summed E-state index contributed by atoms with van der Waals surface area (Å²) in [5.74, 6) is -1.11. The lowest BCUT2D eigenvalue weighted by atomic mass is 10.0. The number of carboxylic acids is 1. The number of hydrogen-bond acceptors (Lipinski definition) is 2. The average Bonchev–Trinajstić information content (AvgIpc) is 2.19. The number of phenolic OH excluding ortho intramolecular Hbond substituents is 1. The highest BCUT2D eigenvalue weighted by Gasteiger charge is 2.10. The van der Waals surface area contributed by atoms with Crippen molar-refractivity contribution in [3.8, 4) is 5.75 Å². The van der Waals surface area contributed by atoms with E-state index in [0.29, 0.717) is 17.9 Å². The van der Waals surface area contributed by atoms with Gasteiger partial charge in [-0.05, 0) is 30.5 Å². The minimum Gasteiger partial charge on any atom is -0.506 e. The van der Waals surface area contributed by atoms with Crippen molar-refractivity contribution in [2.24, 2.45) is 5.92 Å². The smallest absolute Gasteiger partial charge is 0.306 e. The van der Waals surface area contributed by atoms with Crippen LogP contribution in [0.4, 0.5) is 0 Å². The van der Waals surface area contributed by atoms with Gasteiger partial charge in [-0.2, -0.15) is 0 Å². The number of benzene rings is 1. The van der Waals surface area contributed by atoms with Gasteiger partial charge in [0.1, 0.15) is 5.75 Å². The van der Waals surface area contributed by atoms with Crippen LogP contribution in [-0.2, 0) is 11.2 Å². The van der Waals surface area contributed by atoms with Crippen LogP contribution in [0.2, 0.25) is 5.02 Å². The van der Waals surface area contributed by atoms with Crippen molar-refractivity contribution in [2.75, 3.05) is 0 Å². The topological polar surface area (TPSA) is 57.5 Å². The minimum atomic E-state index is -0.792. The fourth-order valence-electron chi connectivity index (χ4n) is 1.21. The van der Waals surface area contributed by atoms with Crippen molar-refractivity contribution in [3.05, 3.63) is 28.8 Å². The van der Waals surface area contributed by atoms with E-state index in [1.165, 1.54) is 6.07 Å². The Labute approximate surface area is 93.3 Å². The number of aliphatic carboxylic acids is 1. The van der Waals surface area contributed by atoms with Crippen LogP contribution in [0.5, 0.6) is 5.75 Å². The number of halogens is 1. The molecule has 0 aromatic heterocycles. The summed E-state index contributed by atoms with van der Waals surface area (Å²) >= 11 is 5.73. The molecule has 0 radical (unpaired) electrons. The van der Waals surface area contributed by atoms with E-state index in [1.807, 2.05) is 0 Å². The summed E-state index contributed by atoms with van der Waals surface area (Å²) < 4.78 is 0. The lowest BCUT2D eigenvalue weighted by molar-refractivity contribution is -0.141. The Balaban J connectivity index is 2.58. The molecule has 0 spiro atoms. The molecule has 2 N–H and O–H groups in total. The van der Waals surface area contributed by atoms with E-state index in [0.717, 1.165) is 5.56 Å². The molecule has 82 valence electrons. The van der Waals surface area contributed by atoms with Gasteiger partial charge in [-0.25, -0.2) is 0 Å². The molecule has 1 unspecified atom stereocenters. The van der Waals surface area contributed by atoms with E-state index in [1.54, 1.807) is 19.1 Å². The van der Waals surface area contributed by atoms with Gasteiger partial charge in [0.2, 0.25) is 0 Å². The molecule has 1 aromatic rings. The third kappa shape index (κ3) is 3.44. The second-order valence-corrected chi connectivity index (χ2v) is 3.97. The maximum Gasteiger partial charge on any atom is 0.306 e. The summed E-state index contributed by atoms with van der Waals surface area (Å²) in [6, 6.07) is 4.92. The summed E-state index contributed by atoms with van der Waals surface area (Å²) in [6.07, 6.45) is 1.21. The summed E-state index contributed by atoms with van der Waals surface area (Å²) in [5.41, 5.74) is 0.936. The Morgan fingerprint density at radius 1 is 1.53 bits per heavy atom. The second kappa shape index (κ2) is 5.03. The van der Waals surface area contributed by atoms with Crippen molar-refractivity contribution >= 4 is 17.6 Å². The van der Waals surface area contributed by atoms with Crippen LogP contribution >= 0.6 is 11.6 Å². The molecule has 1 aromatic carbocycles. The molecule has 1 atom stereocenters. The van der Waals surface area contributed by atoms with Crippen molar-refractivity contribution < 1.29 is 15.0 Å². The van der Waals surface area contributed by atoms with E-state index in [4.69, 9.17) is 16.7 Å². The lowest BCUT2D eigenvalue weighted by Gasteiger charge is -2.06. The molecule has 15 heavy (non-hydrogen) atoms. The molecular formula is C11H13ClO3. The first kappa shape index (κ1) is 11.9. The molecular weight excluding hydrogens is 216 g/mol. The van der Waals surface area contributed by atoms with E-state index >= 15 is 0 Å². The first-order chi connectivity index (χ1) is 7.00. The molecule has 0 aliphatic rings. The first-order valence-corrected chi connectivity index (χ1v) is 5.08. The highest BCUT2D eigenvalue weighted by Crippen LogP contribution is 2.24. The molecule has 0 bridgehead atoms. The van der Waals surface area contributed by atoms with Crippen LogP contribution in [0.1, 0.15) is 18.9 Å². The standard InChI is InChI=1S/C11H13ClO3/c1-7(11(14)15)2-3-8-4-5-10(13)9(12)6-8/h4-7,13H,2-3H2,1H3,(H,14,15). The Morgan fingerprint density at radius 3 is 2.73 bits per heavy atom. The average molecular weight is 229 g/mol. The lowest BCUT2D eigenvalue weighted by Crippen LogP contribution is -2.10. The molecule has 0 amide bonds. The molecule has 4 heteroatoms. The third-order valence-corrected chi connectivity index (χ3v) is 2.60. The zero-order valence-corrected chi connectivity index (χ0v) is 9.16. The predicted octanol–water partition coefficient (Wildman–Crippen LogP) is 2.70. The van der Waals surface area contributed by atoms with Crippen molar-refractivity contribution in [3.63, 3.8) is 0 Å². The van der Waals surface area contributed by atoms with Crippen LogP contribution in [0.15, 0.2) is 18.2 Å². The van der Waals surface area contributed by atoms with Gasteiger partial charge in [0.25, 0.3) is 0 Å². The number of aryl methyl sites for hydroxylation is 1. The van der Waals surface area contributed by atoms with Gasteiger partial charge in [-0.15, -0.1) is 0 Å². The SMILES string of the molecule is CC(CCc1ccc(O)c(Cl)c1)C(=O)O. The number of carbonyl (C=O) groups is 1. The fraction of sp³-hybridized carbons (Fsp3) is 0.364. The normalized spacial score (nSPS) is 12.4. The molecule has 0 fully saturated rings. The van der Waals surface area contributed by atoms with E-state index < -0.39 is 5.97 Å². The van der Waals surface area contributed by atoms with E-state index in [2.05, 4.69) is 0 Å². The van der Waals surface area contributed by atoms with Crippen molar-refractivity contribution in [1.29, 1.82) is 0 Å². The van der Waals surface area contributed by atoms with Gasteiger partial charge >= 0.3 is 5.97 Å². The number of aromatic hydroxyl groups is 1. The fourth-order valence-corrected chi connectivity index (χ4v) is 1.42. The number of rotatable bonds is 4. The predicted molar refractivity (Wildman–Crippen MR) is 58.2 cm³/mol. The van der Waals surface area contributed by atoms with Gasteiger partial charge in [-0.3, -0.25) is 4.79 Å². The molecule has 1 rings (SSSR count). The van der Waals surface area contributed by atoms with E-state index in [-0.39, 0.29) is 11.7 Å². The highest BCUT2D eigenvalue weighted by atomic mass is 35.5. The number of carboxylic acid groups (broad SMARTS) is 1. The van der Waals surface area contributed by atoms with Gasteiger partial charge in [0, 0.05) is 0 Å². The first-order valence-electron chi connectivity index (χ1n) is 4.71. The largest absolute Gasteiger partial charge is 0.506 e. The van der Waals surface area contributed by atoms with Crippen LogP contribution in [0, 0.1) is 5.92 Å². The Bertz CT molecular complexity index is 363. The van der Waals surface area contributed by atoms with Gasteiger partial charge < -0.3 is 10.2 Å². The van der Waals surface area contributed by atoms with Crippen LogP contribution in [0.25, 0.3) is 0 Å². The van der Waals surface area contributed by atoms with Crippen molar-refractivity contribution in [2.45, 2.75) is 19.8 Å². The summed E-state index contributed by atoms with van der Waals surface area (Å²) in [7, 11) is 0. The summed E-state index contributed by atoms with van der Waals surface area (Å²) in [4.78, 5) is 10.6. The zero-order chi connectivity index (χ0) is 11.4. The van der Waals surface area contributed by atoms with Crippen LogP contribution < -0.4 is 0 Å². The zero-order valence-electron chi connectivity index (χ0n) is 8.40. The Kier molecular flexibility index (Phi) is 3.97. The summed E-state index contributed by atoms with van der Waals surface area (Å²) in [5, 5.41) is 18.2. The molecule has 0 aliphatic heterocycles. The third-order valence-electron chi connectivity index (χ3n) is 2.30. The van der Waals surface area contributed by atoms with E-state index in [9.17, 15) is 9.90 Å². The second-order valence-electron chi connectivity index (χ2n) is 3.56. The molecule has 3 nitrogen and oxygen atoms in total. The quantitative estimate of drug-likeness (QED) is 0.833. The molecule has 0 aliphatic carbocycles. The van der Waals surface area contributed by atoms with Gasteiger partial charge in [0.05, 0.1) is 10.9 Å². The monoisotopic (exact) mass is 228 g/mol. The van der Waals surface area contributed by atoms with Crippen LogP contribution in [0.3, 0.4) is 0 Å². The highest BCUT2D eigenvalue weighted by molar-refractivity contribution is 6.32. The molecule has 0 heterocycles. The maximum atomic E-state index is 10.6.